The van der Waals surface area contributed by atoms with E-state index in [1.54, 1.807) is 13.3 Å². The summed E-state index contributed by atoms with van der Waals surface area (Å²) in [5.41, 5.74) is 1.88. The number of carbonyl (C=O) groups excluding carboxylic acids is 1. The third-order valence-corrected chi connectivity index (χ3v) is 3.56. The van der Waals surface area contributed by atoms with Crippen molar-refractivity contribution < 1.29 is 9.53 Å². The highest BCUT2D eigenvalue weighted by Crippen LogP contribution is 2.37. The first-order chi connectivity index (χ1) is 8.20. The Hall–Kier alpha value is -1.62. The van der Waals surface area contributed by atoms with Gasteiger partial charge in [-0.15, -0.1) is 0 Å². The molecule has 1 aromatic rings. The Bertz CT molecular complexity index is 475. The van der Waals surface area contributed by atoms with Crippen LogP contribution in [0.2, 0.25) is 0 Å². The second kappa shape index (κ2) is 3.70. The van der Waals surface area contributed by atoms with Crippen molar-refractivity contribution in [2.24, 2.45) is 0 Å². The van der Waals surface area contributed by atoms with Crippen molar-refractivity contribution in [3.8, 4) is 0 Å². The molecule has 3 rings (SSSR count). The number of pyridine rings is 1. The van der Waals surface area contributed by atoms with Crippen LogP contribution in [0, 0.1) is 6.92 Å². The molecule has 0 saturated carbocycles. The van der Waals surface area contributed by atoms with Gasteiger partial charge in [0.1, 0.15) is 6.04 Å². The van der Waals surface area contributed by atoms with Gasteiger partial charge in [-0.3, -0.25) is 4.79 Å². The topological polar surface area (TPSA) is 54.5 Å². The van der Waals surface area contributed by atoms with Crippen LogP contribution in [0.5, 0.6) is 0 Å². The molecule has 0 aliphatic carbocycles. The van der Waals surface area contributed by atoms with Crippen LogP contribution in [0.3, 0.4) is 0 Å². The molecule has 1 aromatic heterocycles. The highest BCUT2D eigenvalue weighted by Gasteiger charge is 2.42. The van der Waals surface area contributed by atoms with Crippen LogP contribution in [0.15, 0.2) is 12.3 Å². The summed E-state index contributed by atoms with van der Waals surface area (Å²) in [4.78, 5) is 18.4. The maximum Gasteiger partial charge on any atom is 0.247 e. The molecule has 0 aromatic carbocycles. The van der Waals surface area contributed by atoms with Crippen LogP contribution in [-0.4, -0.2) is 36.7 Å². The smallest absolute Gasteiger partial charge is 0.247 e. The van der Waals surface area contributed by atoms with Crippen molar-refractivity contribution in [3.05, 3.63) is 17.8 Å². The lowest BCUT2D eigenvalue weighted by atomic mass is 10.1. The number of nitrogens with one attached hydrogen (secondary N) is 1. The summed E-state index contributed by atoms with van der Waals surface area (Å²) >= 11 is 0. The van der Waals surface area contributed by atoms with E-state index in [4.69, 9.17) is 4.74 Å². The van der Waals surface area contributed by atoms with E-state index in [-0.39, 0.29) is 18.1 Å². The largest absolute Gasteiger partial charge is 0.380 e. The Morgan fingerprint density at radius 1 is 1.59 bits per heavy atom. The Morgan fingerprint density at radius 3 is 3.18 bits per heavy atom. The number of ether oxygens (including phenoxy) is 1. The molecule has 17 heavy (non-hydrogen) atoms. The molecule has 5 heteroatoms. The first kappa shape index (κ1) is 10.5. The molecule has 0 bridgehead atoms. The SMILES string of the molecule is COC1CC2C(=O)Nc3c(C)ccnc3N2C1. The van der Waals surface area contributed by atoms with E-state index in [1.165, 1.54) is 0 Å². The molecule has 1 N–H and O–H groups in total. The maximum atomic E-state index is 12.0. The standard InChI is InChI=1S/C12H15N3O2/c1-7-3-4-13-11-10(7)14-12(16)9-5-8(17-2)6-15(9)11/h3-4,8-9H,5-6H2,1-2H3,(H,14,16). The zero-order valence-electron chi connectivity index (χ0n) is 9.93. The molecule has 1 amide bonds. The number of aromatic nitrogens is 1. The fraction of sp³-hybridized carbons (Fsp3) is 0.500. The summed E-state index contributed by atoms with van der Waals surface area (Å²) in [5, 5.41) is 2.95. The normalized spacial score (nSPS) is 26.5. The molecule has 0 spiro atoms. The zero-order valence-corrected chi connectivity index (χ0v) is 9.93. The van der Waals surface area contributed by atoms with Crippen LogP contribution in [0.25, 0.3) is 0 Å². The van der Waals surface area contributed by atoms with Gasteiger partial charge in [-0.25, -0.2) is 4.98 Å². The van der Waals surface area contributed by atoms with Crippen molar-refractivity contribution in [1.82, 2.24) is 4.98 Å². The average Bonchev–Trinajstić information content (AvgIpc) is 2.76. The monoisotopic (exact) mass is 233 g/mol. The van der Waals surface area contributed by atoms with Crippen LogP contribution >= 0.6 is 0 Å². The molecule has 2 aliphatic rings. The van der Waals surface area contributed by atoms with Gasteiger partial charge in [0.2, 0.25) is 5.91 Å². The average molecular weight is 233 g/mol. The number of fused-ring (bicyclic) bond motifs is 3. The van der Waals surface area contributed by atoms with E-state index >= 15 is 0 Å². The minimum absolute atomic E-state index is 0.0492. The van der Waals surface area contributed by atoms with E-state index < -0.39 is 0 Å². The van der Waals surface area contributed by atoms with Crippen molar-refractivity contribution >= 4 is 17.4 Å². The van der Waals surface area contributed by atoms with Crippen molar-refractivity contribution in [1.29, 1.82) is 0 Å². The van der Waals surface area contributed by atoms with Gasteiger partial charge >= 0.3 is 0 Å². The number of nitrogens with zero attached hydrogens (tertiary/aromatic N) is 2. The molecule has 1 saturated heterocycles. The predicted molar refractivity (Wildman–Crippen MR) is 64.2 cm³/mol. The van der Waals surface area contributed by atoms with Gasteiger partial charge in [-0.1, -0.05) is 0 Å². The molecular formula is C12H15N3O2. The minimum atomic E-state index is -0.137. The highest BCUT2D eigenvalue weighted by molar-refractivity contribution is 6.04. The Morgan fingerprint density at radius 2 is 2.41 bits per heavy atom. The van der Waals surface area contributed by atoms with E-state index in [1.807, 2.05) is 13.0 Å². The van der Waals surface area contributed by atoms with Gasteiger partial charge in [0.25, 0.3) is 0 Å². The molecule has 2 unspecified atom stereocenters. The molecule has 5 nitrogen and oxygen atoms in total. The summed E-state index contributed by atoms with van der Waals surface area (Å²) in [7, 11) is 1.69. The quantitative estimate of drug-likeness (QED) is 0.784. The first-order valence-corrected chi connectivity index (χ1v) is 5.76. The van der Waals surface area contributed by atoms with Gasteiger partial charge in [0.05, 0.1) is 11.8 Å². The minimum Gasteiger partial charge on any atom is -0.380 e. The van der Waals surface area contributed by atoms with Crippen LogP contribution in [-0.2, 0) is 9.53 Å². The van der Waals surface area contributed by atoms with Crippen LogP contribution in [0.4, 0.5) is 11.5 Å². The Labute approximate surface area is 99.8 Å². The summed E-state index contributed by atoms with van der Waals surface area (Å²) in [6.45, 7) is 2.71. The lowest BCUT2D eigenvalue weighted by molar-refractivity contribution is -0.117. The summed E-state index contributed by atoms with van der Waals surface area (Å²) < 4.78 is 5.35. The number of hydrogen-bond donors (Lipinski definition) is 1. The van der Waals surface area contributed by atoms with Crippen molar-refractivity contribution in [2.75, 3.05) is 23.9 Å². The lowest BCUT2D eigenvalue weighted by Crippen LogP contribution is -2.44. The number of aryl methyl sites for hydroxylation is 1. The number of carbonyl (C=O) groups is 1. The zero-order chi connectivity index (χ0) is 12.0. The second-order valence-corrected chi connectivity index (χ2v) is 4.58. The van der Waals surface area contributed by atoms with Crippen molar-refractivity contribution in [3.63, 3.8) is 0 Å². The molecule has 90 valence electrons. The van der Waals surface area contributed by atoms with Gasteiger partial charge in [0, 0.05) is 26.3 Å². The number of anilines is 2. The van der Waals surface area contributed by atoms with Gasteiger partial charge < -0.3 is 15.0 Å². The van der Waals surface area contributed by atoms with Gasteiger partial charge in [-0.05, 0) is 18.6 Å². The third kappa shape index (κ3) is 1.50. The number of hydrogen-bond acceptors (Lipinski definition) is 4. The van der Waals surface area contributed by atoms with Gasteiger partial charge in [-0.2, -0.15) is 0 Å². The molecule has 2 atom stereocenters. The number of rotatable bonds is 1. The summed E-state index contributed by atoms with van der Waals surface area (Å²) in [6, 6.07) is 1.77. The summed E-state index contributed by atoms with van der Waals surface area (Å²) in [6.07, 6.45) is 2.62. The van der Waals surface area contributed by atoms with Gasteiger partial charge in [0.15, 0.2) is 5.82 Å². The lowest BCUT2D eigenvalue weighted by Gasteiger charge is -2.32. The Balaban J connectivity index is 2.05. The highest BCUT2D eigenvalue weighted by atomic mass is 16.5. The van der Waals surface area contributed by atoms with Crippen LogP contribution in [0.1, 0.15) is 12.0 Å². The molecule has 0 radical (unpaired) electrons. The fourth-order valence-corrected chi connectivity index (χ4v) is 2.57. The Kier molecular flexibility index (Phi) is 2.29. The summed E-state index contributed by atoms with van der Waals surface area (Å²) in [5.74, 6) is 0.919. The van der Waals surface area contributed by atoms with E-state index in [0.717, 1.165) is 30.0 Å². The van der Waals surface area contributed by atoms with E-state index in [9.17, 15) is 4.79 Å². The van der Waals surface area contributed by atoms with Crippen molar-refractivity contribution in [2.45, 2.75) is 25.5 Å². The third-order valence-electron chi connectivity index (χ3n) is 3.56. The molecule has 3 heterocycles. The second-order valence-electron chi connectivity index (χ2n) is 4.58. The number of methoxy groups -OCH3 is 1. The first-order valence-electron chi connectivity index (χ1n) is 5.76. The maximum absolute atomic E-state index is 12.0. The number of amides is 1. The van der Waals surface area contributed by atoms with Crippen LogP contribution < -0.4 is 10.2 Å². The molecular weight excluding hydrogens is 218 g/mol. The predicted octanol–water partition coefficient (Wildman–Crippen LogP) is 0.936. The fourth-order valence-electron chi connectivity index (χ4n) is 2.57. The van der Waals surface area contributed by atoms with E-state index in [2.05, 4.69) is 15.2 Å². The van der Waals surface area contributed by atoms with E-state index in [0.29, 0.717) is 0 Å². The molecule has 2 aliphatic heterocycles. The molecule has 1 fully saturated rings.